The zero-order valence-electron chi connectivity index (χ0n) is 11.5. The highest BCUT2D eigenvalue weighted by Gasteiger charge is 2.19. The van der Waals surface area contributed by atoms with Crippen LogP contribution in [0.5, 0.6) is 0 Å². The van der Waals surface area contributed by atoms with Gasteiger partial charge in [-0.3, -0.25) is 4.21 Å². The number of rotatable bonds is 5. The van der Waals surface area contributed by atoms with Gasteiger partial charge in [0.05, 0.1) is 11.0 Å². The number of nitrogens with zero attached hydrogens (tertiary/aromatic N) is 3. The van der Waals surface area contributed by atoms with E-state index in [9.17, 15) is 8.60 Å². The predicted octanol–water partition coefficient (Wildman–Crippen LogP) is 2.75. The van der Waals surface area contributed by atoms with E-state index in [4.69, 9.17) is 0 Å². The largest absolute Gasteiger partial charge is 0.353 e. The predicted molar refractivity (Wildman–Crippen MR) is 80.9 cm³/mol. The fraction of sp³-hybridized carbons (Fsp3) is 0.385. The van der Waals surface area contributed by atoms with E-state index in [0.29, 0.717) is 11.4 Å². The Bertz CT molecular complexity index is 615. The zero-order valence-corrected chi connectivity index (χ0v) is 13.2. The molecule has 0 aliphatic heterocycles. The number of benzene rings is 1. The minimum absolute atomic E-state index is 0.236. The Morgan fingerprint density at radius 3 is 2.70 bits per heavy atom. The Kier molecular flexibility index (Phi) is 4.82. The number of hydrogen-bond acceptors (Lipinski definition) is 5. The smallest absolute Gasteiger partial charge is 0.204 e. The first-order valence-corrected chi connectivity index (χ1v) is 8.26. The van der Waals surface area contributed by atoms with E-state index in [1.165, 1.54) is 17.6 Å². The molecule has 0 aliphatic carbocycles. The first-order valence-electron chi connectivity index (χ1n) is 6.10. The molecule has 0 bridgehead atoms. The summed E-state index contributed by atoms with van der Waals surface area (Å²) in [6.45, 7) is 1.76. The third kappa shape index (κ3) is 3.40. The molecule has 1 aromatic heterocycles. The van der Waals surface area contributed by atoms with Crippen LogP contribution in [0.25, 0.3) is 0 Å². The van der Waals surface area contributed by atoms with Gasteiger partial charge in [-0.25, -0.2) is 9.37 Å². The lowest BCUT2D eigenvalue weighted by Crippen LogP contribution is -2.10. The maximum Gasteiger partial charge on any atom is 0.204 e. The molecule has 0 saturated carbocycles. The molecule has 0 saturated heterocycles. The van der Waals surface area contributed by atoms with Crippen molar-refractivity contribution in [3.8, 4) is 0 Å². The number of halogens is 1. The van der Waals surface area contributed by atoms with Crippen molar-refractivity contribution in [2.24, 2.45) is 0 Å². The number of hydrogen-bond donors (Lipinski definition) is 0. The van der Waals surface area contributed by atoms with Crippen LogP contribution >= 0.6 is 11.5 Å². The van der Waals surface area contributed by atoms with Crippen molar-refractivity contribution >= 4 is 27.5 Å². The first kappa shape index (κ1) is 15.1. The second kappa shape index (κ2) is 6.41. The molecule has 2 unspecified atom stereocenters. The van der Waals surface area contributed by atoms with Gasteiger partial charge in [0.2, 0.25) is 5.13 Å². The first-order chi connectivity index (χ1) is 9.49. The van der Waals surface area contributed by atoms with Gasteiger partial charge >= 0.3 is 0 Å². The number of anilines is 1. The molecule has 2 aromatic rings. The van der Waals surface area contributed by atoms with Crippen LogP contribution in [0.2, 0.25) is 0 Å². The Balaban J connectivity index is 2.09. The monoisotopic (exact) mass is 313 g/mol. The maximum absolute atomic E-state index is 13.7. The Hall–Kier alpha value is -1.34. The summed E-state index contributed by atoms with van der Waals surface area (Å²) in [5.74, 6) is 0.452. The molecule has 0 radical (unpaired) electrons. The van der Waals surface area contributed by atoms with Gasteiger partial charge in [0.15, 0.2) is 5.82 Å². The quantitative estimate of drug-likeness (QED) is 0.851. The van der Waals surface area contributed by atoms with Gasteiger partial charge in [0, 0.05) is 42.0 Å². The summed E-state index contributed by atoms with van der Waals surface area (Å²) in [6.07, 6.45) is 0. The molecule has 1 aromatic carbocycles. The fourth-order valence-corrected chi connectivity index (χ4v) is 3.48. The second-order valence-electron chi connectivity index (χ2n) is 4.58. The highest BCUT2D eigenvalue weighted by atomic mass is 32.2. The van der Waals surface area contributed by atoms with Gasteiger partial charge in [0.1, 0.15) is 5.82 Å². The standard InChI is InChI=1S/C13H16FN3OS2/c1-9(10-6-4-5-7-11(10)14)20(18)8-12-15-13(17(2)3)19-16-12/h4-7,9H,8H2,1-3H3. The van der Waals surface area contributed by atoms with Crippen molar-refractivity contribution in [1.82, 2.24) is 9.36 Å². The van der Waals surface area contributed by atoms with Crippen molar-refractivity contribution in [2.75, 3.05) is 19.0 Å². The lowest BCUT2D eigenvalue weighted by atomic mass is 10.1. The Morgan fingerprint density at radius 1 is 1.40 bits per heavy atom. The highest BCUT2D eigenvalue weighted by molar-refractivity contribution is 7.84. The topological polar surface area (TPSA) is 46.1 Å². The summed E-state index contributed by atoms with van der Waals surface area (Å²) in [6, 6.07) is 6.42. The van der Waals surface area contributed by atoms with E-state index >= 15 is 0 Å². The molecule has 0 spiro atoms. The number of aromatic nitrogens is 2. The van der Waals surface area contributed by atoms with E-state index in [0.717, 1.165) is 5.13 Å². The highest BCUT2D eigenvalue weighted by Crippen LogP contribution is 2.24. The summed E-state index contributed by atoms with van der Waals surface area (Å²) in [5.41, 5.74) is 0.467. The van der Waals surface area contributed by atoms with Crippen LogP contribution in [-0.4, -0.2) is 27.7 Å². The third-order valence-electron chi connectivity index (χ3n) is 2.85. The lowest BCUT2D eigenvalue weighted by molar-refractivity contribution is 0.606. The zero-order chi connectivity index (χ0) is 14.7. The molecule has 1 heterocycles. The van der Waals surface area contributed by atoms with Crippen molar-refractivity contribution in [3.05, 3.63) is 41.5 Å². The Labute approximate surface area is 124 Å². The van der Waals surface area contributed by atoms with E-state index in [1.807, 2.05) is 19.0 Å². The fourth-order valence-electron chi connectivity index (χ4n) is 1.68. The van der Waals surface area contributed by atoms with Crippen LogP contribution in [0, 0.1) is 5.82 Å². The summed E-state index contributed by atoms with van der Waals surface area (Å²) < 4.78 is 30.2. The van der Waals surface area contributed by atoms with Gasteiger partial charge in [-0.2, -0.15) is 4.37 Å². The molecule has 2 rings (SSSR count). The summed E-state index contributed by atoms with van der Waals surface area (Å²) in [4.78, 5) is 6.15. The van der Waals surface area contributed by atoms with Crippen molar-refractivity contribution in [3.63, 3.8) is 0 Å². The lowest BCUT2D eigenvalue weighted by Gasteiger charge is -2.11. The van der Waals surface area contributed by atoms with Gasteiger partial charge in [-0.15, -0.1) is 0 Å². The molecule has 108 valence electrons. The van der Waals surface area contributed by atoms with Crippen LogP contribution in [0.1, 0.15) is 23.6 Å². The van der Waals surface area contributed by atoms with Crippen LogP contribution in [0.3, 0.4) is 0 Å². The average molecular weight is 313 g/mol. The van der Waals surface area contributed by atoms with Gasteiger partial charge in [-0.05, 0) is 13.0 Å². The average Bonchev–Trinajstić information content (AvgIpc) is 2.87. The minimum atomic E-state index is -1.25. The molecular formula is C13H16FN3OS2. The molecular weight excluding hydrogens is 297 g/mol. The Morgan fingerprint density at radius 2 is 2.10 bits per heavy atom. The SMILES string of the molecule is CC(c1ccccc1F)S(=O)Cc1nsc(N(C)C)n1. The molecule has 4 nitrogen and oxygen atoms in total. The van der Waals surface area contributed by atoms with Crippen molar-refractivity contribution in [2.45, 2.75) is 17.9 Å². The minimum Gasteiger partial charge on any atom is -0.353 e. The van der Waals surface area contributed by atoms with Gasteiger partial charge in [-0.1, -0.05) is 18.2 Å². The van der Waals surface area contributed by atoms with E-state index in [-0.39, 0.29) is 16.8 Å². The summed E-state index contributed by atoms with van der Waals surface area (Å²) in [5, 5.41) is 0.387. The molecule has 0 N–H and O–H groups in total. The van der Waals surface area contributed by atoms with Crippen LogP contribution in [0.15, 0.2) is 24.3 Å². The van der Waals surface area contributed by atoms with E-state index in [2.05, 4.69) is 9.36 Å². The molecule has 0 amide bonds. The maximum atomic E-state index is 13.7. The molecule has 7 heteroatoms. The summed E-state index contributed by atoms with van der Waals surface area (Å²) >= 11 is 1.27. The van der Waals surface area contributed by atoms with Crippen LogP contribution in [0.4, 0.5) is 9.52 Å². The molecule has 0 aliphatic rings. The second-order valence-corrected chi connectivity index (χ2v) is 7.06. The van der Waals surface area contributed by atoms with Crippen LogP contribution < -0.4 is 4.90 Å². The molecule has 2 atom stereocenters. The summed E-state index contributed by atoms with van der Waals surface area (Å²) in [7, 11) is 2.50. The third-order valence-corrected chi connectivity index (χ3v) is 5.36. The van der Waals surface area contributed by atoms with Gasteiger partial charge in [0.25, 0.3) is 0 Å². The molecule has 20 heavy (non-hydrogen) atoms. The van der Waals surface area contributed by atoms with Crippen molar-refractivity contribution in [1.29, 1.82) is 0 Å². The molecule has 0 fully saturated rings. The van der Waals surface area contributed by atoms with E-state index < -0.39 is 10.8 Å². The van der Waals surface area contributed by atoms with Gasteiger partial charge < -0.3 is 4.90 Å². The van der Waals surface area contributed by atoms with Crippen molar-refractivity contribution < 1.29 is 8.60 Å². The van der Waals surface area contributed by atoms with E-state index in [1.54, 1.807) is 25.1 Å². The normalized spacial score (nSPS) is 14.0. The van der Waals surface area contributed by atoms with Crippen LogP contribution in [-0.2, 0) is 16.6 Å².